The largest absolute Gasteiger partial charge is 0.384 e. The summed E-state index contributed by atoms with van der Waals surface area (Å²) in [7, 11) is 2.22. The van der Waals surface area contributed by atoms with Gasteiger partial charge in [-0.1, -0.05) is 18.2 Å². The van der Waals surface area contributed by atoms with E-state index >= 15 is 0 Å². The Balaban J connectivity index is 1.62. The number of anilines is 1. The van der Waals surface area contributed by atoms with Crippen molar-refractivity contribution in [2.45, 2.75) is 19.4 Å². The summed E-state index contributed by atoms with van der Waals surface area (Å²) in [4.78, 5) is 2.44. The maximum absolute atomic E-state index is 4.29. The Morgan fingerprint density at radius 1 is 1.29 bits per heavy atom. The molecule has 1 aromatic carbocycles. The van der Waals surface area contributed by atoms with E-state index in [0.29, 0.717) is 0 Å². The Hall–Kier alpha value is -1.81. The number of rotatable bonds is 5. The van der Waals surface area contributed by atoms with Gasteiger partial charge in [0.25, 0.3) is 0 Å². The first-order valence-corrected chi connectivity index (χ1v) is 7.79. The van der Waals surface area contributed by atoms with Crippen molar-refractivity contribution in [3.05, 3.63) is 48.3 Å². The molecule has 1 aliphatic heterocycles. The molecule has 0 bridgehead atoms. The first kappa shape index (κ1) is 14.1. The van der Waals surface area contributed by atoms with Gasteiger partial charge in [-0.3, -0.25) is 4.68 Å². The minimum Gasteiger partial charge on any atom is -0.384 e. The predicted octanol–water partition coefficient (Wildman–Crippen LogP) is 2.69. The van der Waals surface area contributed by atoms with Crippen LogP contribution in [-0.2, 0) is 6.54 Å². The molecule has 1 fully saturated rings. The van der Waals surface area contributed by atoms with Gasteiger partial charge in [0.05, 0.1) is 6.54 Å². The molecule has 2 aromatic rings. The van der Waals surface area contributed by atoms with E-state index in [-0.39, 0.29) is 0 Å². The first-order valence-electron chi connectivity index (χ1n) is 7.79. The average Bonchev–Trinajstić information content (AvgIpc) is 2.99. The van der Waals surface area contributed by atoms with Crippen molar-refractivity contribution in [3.63, 3.8) is 0 Å². The highest BCUT2D eigenvalue weighted by atomic mass is 15.3. The van der Waals surface area contributed by atoms with Crippen molar-refractivity contribution in [2.75, 3.05) is 32.0 Å². The molecule has 1 saturated heterocycles. The number of nitrogens with one attached hydrogen (secondary N) is 1. The number of benzene rings is 1. The van der Waals surface area contributed by atoms with Crippen LogP contribution in [0, 0.1) is 5.92 Å². The second-order valence-corrected chi connectivity index (χ2v) is 6.01. The summed E-state index contributed by atoms with van der Waals surface area (Å²) in [6.45, 7) is 4.32. The minimum atomic E-state index is 0.751. The summed E-state index contributed by atoms with van der Waals surface area (Å²) in [5.41, 5.74) is 2.53. The van der Waals surface area contributed by atoms with Crippen LogP contribution in [0.4, 0.5) is 5.69 Å². The van der Waals surface area contributed by atoms with Crippen LogP contribution in [0.2, 0.25) is 0 Å². The van der Waals surface area contributed by atoms with E-state index in [2.05, 4.69) is 46.6 Å². The zero-order valence-electron chi connectivity index (χ0n) is 12.7. The Bertz CT molecular complexity index is 550. The van der Waals surface area contributed by atoms with Crippen molar-refractivity contribution < 1.29 is 0 Å². The highest BCUT2D eigenvalue weighted by Gasteiger charge is 2.17. The van der Waals surface area contributed by atoms with Crippen LogP contribution in [0.1, 0.15) is 18.4 Å². The average molecular weight is 284 g/mol. The lowest BCUT2D eigenvalue weighted by Gasteiger charge is -2.30. The van der Waals surface area contributed by atoms with E-state index in [0.717, 1.165) is 19.0 Å². The second-order valence-electron chi connectivity index (χ2n) is 6.01. The maximum Gasteiger partial charge on any atom is 0.0679 e. The molecule has 112 valence electrons. The fourth-order valence-electron chi connectivity index (χ4n) is 3.09. The fraction of sp³-hybridized carbons (Fsp3) is 0.471. The van der Waals surface area contributed by atoms with Gasteiger partial charge in [0.1, 0.15) is 0 Å². The molecule has 0 radical (unpaired) electrons. The van der Waals surface area contributed by atoms with Gasteiger partial charge >= 0.3 is 0 Å². The molecule has 1 N–H and O–H groups in total. The lowest BCUT2D eigenvalue weighted by atomic mass is 9.98. The summed E-state index contributed by atoms with van der Waals surface area (Å²) >= 11 is 0. The lowest BCUT2D eigenvalue weighted by Crippen LogP contribution is -2.35. The van der Waals surface area contributed by atoms with Gasteiger partial charge in [-0.05, 0) is 50.0 Å². The predicted molar refractivity (Wildman–Crippen MR) is 86.5 cm³/mol. The molecule has 1 aliphatic rings. The molecule has 2 heterocycles. The molecule has 1 unspecified atom stereocenters. The summed E-state index contributed by atoms with van der Waals surface area (Å²) in [5.74, 6) is 0.751. The van der Waals surface area contributed by atoms with Gasteiger partial charge in [-0.25, -0.2) is 0 Å². The summed E-state index contributed by atoms with van der Waals surface area (Å²) in [5, 5.41) is 7.94. The van der Waals surface area contributed by atoms with Gasteiger partial charge in [-0.2, -0.15) is 5.10 Å². The minimum absolute atomic E-state index is 0.751. The number of hydrogen-bond donors (Lipinski definition) is 1. The third-order valence-electron chi connectivity index (χ3n) is 4.21. The normalized spacial score (nSPS) is 19.6. The Morgan fingerprint density at radius 2 is 2.19 bits per heavy atom. The van der Waals surface area contributed by atoms with Crippen molar-refractivity contribution in [3.8, 4) is 0 Å². The molecule has 4 heteroatoms. The molecule has 1 aromatic heterocycles. The number of aromatic nitrogens is 2. The maximum atomic E-state index is 4.29. The number of piperidine rings is 1. The van der Waals surface area contributed by atoms with Crippen molar-refractivity contribution >= 4 is 5.69 Å². The molecule has 21 heavy (non-hydrogen) atoms. The van der Waals surface area contributed by atoms with Gasteiger partial charge in [0, 0.05) is 31.2 Å². The molecule has 3 rings (SSSR count). The van der Waals surface area contributed by atoms with Crippen molar-refractivity contribution in [2.24, 2.45) is 5.92 Å². The van der Waals surface area contributed by atoms with Crippen LogP contribution in [0.15, 0.2) is 42.7 Å². The molecule has 1 atom stereocenters. The van der Waals surface area contributed by atoms with Crippen LogP contribution in [0.3, 0.4) is 0 Å². The monoisotopic (exact) mass is 284 g/mol. The van der Waals surface area contributed by atoms with E-state index < -0.39 is 0 Å². The van der Waals surface area contributed by atoms with Crippen molar-refractivity contribution in [1.29, 1.82) is 0 Å². The van der Waals surface area contributed by atoms with E-state index in [1.54, 1.807) is 0 Å². The second kappa shape index (κ2) is 6.76. The van der Waals surface area contributed by atoms with Gasteiger partial charge < -0.3 is 10.2 Å². The summed E-state index contributed by atoms with van der Waals surface area (Å²) in [6.07, 6.45) is 6.48. The highest BCUT2D eigenvalue weighted by Crippen LogP contribution is 2.19. The fourth-order valence-corrected chi connectivity index (χ4v) is 3.09. The summed E-state index contributed by atoms with van der Waals surface area (Å²) in [6, 6.07) is 10.5. The van der Waals surface area contributed by atoms with Crippen LogP contribution in [-0.4, -0.2) is 41.4 Å². The van der Waals surface area contributed by atoms with Crippen LogP contribution in [0.5, 0.6) is 0 Å². The van der Waals surface area contributed by atoms with Crippen LogP contribution < -0.4 is 5.32 Å². The molecular formula is C17H24N4. The number of likely N-dealkylation sites (tertiary alicyclic amines) is 1. The zero-order chi connectivity index (χ0) is 14.5. The lowest BCUT2D eigenvalue weighted by molar-refractivity contribution is 0.217. The van der Waals surface area contributed by atoms with E-state index in [1.165, 1.54) is 37.2 Å². The molecule has 0 amide bonds. The standard InChI is InChI=1S/C17H24N4/c1-20-10-4-6-15(13-20)12-18-17-8-3-2-7-16(17)14-21-11-5-9-19-21/h2-3,5,7-9,11,15,18H,4,6,10,12-14H2,1H3. The Labute approximate surface area is 126 Å². The van der Waals surface area contributed by atoms with Gasteiger partial charge in [0.2, 0.25) is 0 Å². The van der Waals surface area contributed by atoms with Gasteiger partial charge in [0.15, 0.2) is 0 Å². The van der Waals surface area contributed by atoms with E-state index in [9.17, 15) is 0 Å². The summed E-state index contributed by atoms with van der Waals surface area (Å²) < 4.78 is 1.97. The Kier molecular flexibility index (Phi) is 4.55. The Morgan fingerprint density at radius 3 is 3.00 bits per heavy atom. The van der Waals surface area contributed by atoms with Crippen LogP contribution in [0.25, 0.3) is 0 Å². The zero-order valence-corrected chi connectivity index (χ0v) is 12.7. The first-order chi connectivity index (χ1) is 10.3. The third kappa shape index (κ3) is 3.85. The molecular weight excluding hydrogens is 260 g/mol. The van der Waals surface area contributed by atoms with Crippen LogP contribution >= 0.6 is 0 Å². The van der Waals surface area contributed by atoms with Gasteiger partial charge in [-0.15, -0.1) is 0 Å². The molecule has 4 nitrogen and oxygen atoms in total. The highest BCUT2D eigenvalue weighted by molar-refractivity contribution is 5.51. The number of hydrogen-bond acceptors (Lipinski definition) is 3. The quantitative estimate of drug-likeness (QED) is 0.916. The van der Waals surface area contributed by atoms with Crippen molar-refractivity contribution in [1.82, 2.24) is 14.7 Å². The smallest absolute Gasteiger partial charge is 0.0679 e. The van der Waals surface area contributed by atoms with E-state index in [4.69, 9.17) is 0 Å². The molecule has 0 saturated carbocycles. The third-order valence-corrected chi connectivity index (χ3v) is 4.21. The van der Waals surface area contributed by atoms with E-state index in [1.807, 2.05) is 23.1 Å². The topological polar surface area (TPSA) is 33.1 Å². The number of nitrogens with zero attached hydrogens (tertiary/aromatic N) is 3. The number of para-hydroxylation sites is 1. The SMILES string of the molecule is CN1CCCC(CNc2ccccc2Cn2cccn2)C1. The molecule has 0 spiro atoms. The molecule has 0 aliphatic carbocycles.